The van der Waals surface area contributed by atoms with Crippen LogP contribution in [0, 0.1) is 12.7 Å². The molecule has 0 amide bonds. The minimum Gasteiger partial charge on any atom is -0.436 e. The smallest absolute Gasteiger partial charge is 0.219 e. The summed E-state index contributed by atoms with van der Waals surface area (Å²) in [6.45, 7) is 3.18. The van der Waals surface area contributed by atoms with E-state index in [-0.39, 0.29) is 40.5 Å². The van der Waals surface area contributed by atoms with E-state index in [9.17, 15) is 13.7 Å². The molecule has 0 spiro atoms. The number of carbonyl (C=O) groups is 1. The predicted molar refractivity (Wildman–Crippen MR) is 159 cm³/mol. The first-order valence-electron chi connectivity index (χ1n) is 13.4. The van der Waals surface area contributed by atoms with E-state index >= 15 is 0 Å². The van der Waals surface area contributed by atoms with Crippen molar-refractivity contribution in [1.29, 1.82) is 0 Å². The lowest BCUT2D eigenvalue weighted by molar-refractivity contribution is -0.00504. The number of ether oxygens (including phenoxy) is 2. The second kappa shape index (κ2) is 12.3. The second-order valence-corrected chi connectivity index (χ2v) is 10.6. The van der Waals surface area contributed by atoms with Crippen LogP contribution < -0.4 is 24.9 Å². The van der Waals surface area contributed by atoms with E-state index in [0.717, 1.165) is 12.8 Å². The number of halogens is 2. The lowest BCUT2D eigenvalue weighted by atomic mass is 10.1. The van der Waals surface area contributed by atoms with Crippen molar-refractivity contribution in [3.05, 3.63) is 83.6 Å². The molecule has 2 aromatic carbocycles. The van der Waals surface area contributed by atoms with Crippen molar-refractivity contribution in [3.8, 4) is 23.1 Å². The fourth-order valence-electron chi connectivity index (χ4n) is 4.72. The molecule has 0 radical (unpaired) electrons. The van der Waals surface area contributed by atoms with Crippen molar-refractivity contribution in [2.24, 2.45) is 0 Å². The number of nitrogens with one attached hydrogen (secondary N) is 3. The summed E-state index contributed by atoms with van der Waals surface area (Å²) < 4.78 is 46.1. The Morgan fingerprint density at radius 1 is 1.16 bits per heavy atom. The number of ketones is 1. The molecule has 1 saturated heterocycles. The molecule has 0 unspecified atom stereocenters. The maximum Gasteiger partial charge on any atom is 0.219 e. The van der Waals surface area contributed by atoms with E-state index in [0.29, 0.717) is 41.1 Å². The summed E-state index contributed by atoms with van der Waals surface area (Å²) in [4.78, 5) is 24.9. The highest BCUT2D eigenvalue weighted by Gasteiger charge is 2.22. The van der Waals surface area contributed by atoms with Gasteiger partial charge >= 0.3 is 0 Å². The first-order chi connectivity index (χ1) is 20.9. The number of nitrogens with two attached hydrogens (primary N) is 1. The van der Waals surface area contributed by atoms with Gasteiger partial charge in [0.1, 0.15) is 5.82 Å². The molecular weight excluding hydrogens is 580 g/mol. The summed E-state index contributed by atoms with van der Waals surface area (Å²) in [5.74, 6) is -0.602. The number of para-hydroxylation sites is 1. The van der Waals surface area contributed by atoms with Crippen LogP contribution >= 0.6 is 12.1 Å². The topological polar surface area (TPSA) is 141 Å². The minimum absolute atomic E-state index is 0.0236. The van der Waals surface area contributed by atoms with Gasteiger partial charge in [-0.25, -0.2) is 18.8 Å². The molecule has 0 atom stereocenters. The summed E-state index contributed by atoms with van der Waals surface area (Å²) in [7, 11) is 0. The molecule has 5 aromatic rings. The van der Waals surface area contributed by atoms with Crippen molar-refractivity contribution in [3.63, 3.8) is 0 Å². The predicted octanol–water partition coefficient (Wildman–Crippen LogP) is 5.81. The number of benzene rings is 2. The molecule has 1 aliphatic heterocycles. The van der Waals surface area contributed by atoms with Crippen LogP contribution in [-0.2, 0) is 4.74 Å². The minimum atomic E-state index is -0.509. The average molecular weight is 608 g/mol. The number of aromatic nitrogens is 4. The number of nitrogens with zero attached hydrogens (tertiary/aromatic N) is 3. The van der Waals surface area contributed by atoms with Gasteiger partial charge in [-0.1, -0.05) is 12.1 Å². The highest BCUT2D eigenvalue weighted by Crippen LogP contribution is 2.34. The van der Waals surface area contributed by atoms with Crippen molar-refractivity contribution < 1.29 is 28.1 Å². The first kappa shape index (κ1) is 28.5. The van der Waals surface area contributed by atoms with E-state index < -0.39 is 11.6 Å². The van der Waals surface area contributed by atoms with Crippen LogP contribution in [0.4, 0.5) is 20.4 Å². The maximum absolute atomic E-state index is 14.0. The first-order valence-corrected chi connectivity index (χ1v) is 14.2. The molecule has 4 heterocycles. The van der Waals surface area contributed by atoms with E-state index in [1.165, 1.54) is 47.4 Å². The third-order valence-electron chi connectivity index (χ3n) is 7.05. The fourth-order valence-corrected chi connectivity index (χ4v) is 5.45. The Morgan fingerprint density at radius 2 is 1.98 bits per heavy atom. The molecule has 14 heteroatoms. The Bertz CT molecular complexity index is 1790. The van der Waals surface area contributed by atoms with Crippen LogP contribution in [-0.4, -0.2) is 44.8 Å². The van der Waals surface area contributed by atoms with Crippen LogP contribution in [0.2, 0.25) is 0 Å². The van der Waals surface area contributed by atoms with Gasteiger partial charge in [0, 0.05) is 52.9 Å². The molecule has 1 fully saturated rings. The monoisotopic (exact) mass is 607 g/mol. The molecular formula is C29H27F2N7O4S. The quantitative estimate of drug-likeness (QED) is 0.114. The number of rotatable bonds is 10. The Kier molecular flexibility index (Phi) is 8.13. The second-order valence-electron chi connectivity index (χ2n) is 9.93. The molecule has 0 bridgehead atoms. The van der Waals surface area contributed by atoms with Gasteiger partial charge in [-0.05, 0) is 55.7 Å². The summed E-state index contributed by atoms with van der Waals surface area (Å²) in [6.07, 6.45) is 4.61. The zero-order chi connectivity index (χ0) is 29.9. The van der Waals surface area contributed by atoms with Crippen LogP contribution in [0.3, 0.4) is 0 Å². The molecule has 0 aliphatic carbocycles. The zero-order valence-electron chi connectivity index (χ0n) is 22.9. The number of hydrogen-bond donors (Lipinski definition) is 4. The van der Waals surface area contributed by atoms with Crippen LogP contribution in [0.25, 0.3) is 16.6 Å². The summed E-state index contributed by atoms with van der Waals surface area (Å²) in [5, 5.41) is 4.88. The summed E-state index contributed by atoms with van der Waals surface area (Å²) in [6, 6.07) is 12.7. The number of aromatic amines is 1. The number of pyridine rings is 1. The van der Waals surface area contributed by atoms with Crippen LogP contribution in [0.15, 0.2) is 60.9 Å². The SMILES string of the molecule is Cc1cc(Oc2ccccc2F)ncc1-n1ncc(C(=O)c2cc3cc(OF)c(NSNC4CCOCC4)cc3[nH]2)c1N. The number of aryl methyl sites for hydroxylation is 1. The van der Waals surface area contributed by atoms with E-state index in [1.54, 1.807) is 37.3 Å². The molecule has 43 heavy (non-hydrogen) atoms. The van der Waals surface area contributed by atoms with Crippen molar-refractivity contribution in [1.82, 2.24) is 24.5 Å². The highest BCUT2D eigenvalue weighted by atomic mass is 32.2. The molecule has 1 aliphatic rings. The Hall–Kier alpha value is -4.66. The summed E-state index contributed by atoms with van der Waals surface area (Å²) in [5.41, 5.74) is 8.94. The lowest BCUT2D eigenvalue weighted by Gasteiger charge is -2.22. The van der Waals surface area contributed by atoms with Crippen molar-refractivity contribution in [2.45, 2.75) is 25.8 Å². The van der Waals surface area contributed by atoms with Gasteiger partial charge in [-0.3, -0.25) is 9.74 Å². The average Bonchev–Trinajstić information content (AvgIpc) is 3.61. The molecule has 5 N–H and O–H groups in total. The fraction of sp³-hybridized carbons (Fsp3) is 0.207. The van der Waals surface area contributed by atoms with E-state index in [1.807, 2.05) is 0 Å². The third-order valence-corrected chi connectivity index (χ3v) is 7.82. The van der Waals surface area contributed by atoms with E-state index in [4.69, 9.17) is 15.2 Å². The van der Waals surface area contributed by atoms with Gasteiger partial charge in [0.05, 0.1) is 35.0 Å². The number of anilines is 2. The van der Waals surface area contributed by atoms with Crippen molar-refractivity contribution in [2.75, 3.05) is 23.7 Å². The number of fused-ring (bicyclic) bond motifs is 1. The molecule has 6 rings (SSSR count). The van der Waals surface area contributed by atoms with Gasteiger partial charge in [-0.15, -0.1) is 0 Å². The standard InChI is InChI=1S/C29H27F2N7O4S/c1-16-10-27(41-25-5-3-2-4-20(25)30)33-15-24(16)38-29(32)19(14-34-38)28(39)23-11-17-12-26(42-31)22(13-21(17)35-23)37-43-36-18-6-8-40-9-7-18/h2-5,10-15,18,35-37H,6-9,32H2,1H3. The Balaban J connectivity index is 1.20. The molecule has 0 saturated carbocycles. The van der Waals surface area contributed by atoms with Gasteiger partial charge in [0.15, 0.2) is 17.3 Å². The Labute approximate surface area is 248 Å². The van der Waals surface area contributed by atoms with Gasteiger partial charge in [-0.2, -0.15) is 5.10 Å². The maximum atomic E-state index is 14.0. The zero-order valence-corrected chi connectivity index (χ0v) is 23.7. The summed E-state index contributed by atoms with van der Waals surface area (Å²) >= 11 is 1.23. The number of H-pyrrole nitrogens is 1. The third kappa shape index (κ3) is 5.98. The van der Waals surface area contributed by atoms with Crippen LogP contribution in [0.1, 0.15) is 34.5 Å². The Morgan fingerprint density at radius 3 is 2.74 bits per heavy atom. The number of nitrogen functional groups attached to an aromatic ring is 1. The van der Waals surface area contributed by atoms with Crippen LogP contribution in [0.5, 0.6) is 17.4 Å². The van der Waals surface area contributed by atoms with Gasteiger partial charge < -0.3 is 24.9 Å². The largest absolute Gasteiger partial charge is 0.436 e. The van der Waals surface area contributed by atoms with Gasteiger partial charge in [0.25, 0.3) is 0 Å². The molecule has 11 nitrogen and oxygen atoms in total. The van der Waals surface area contributed by atoms with Gasteiger partial charge in [0.2, 0.25) is 11.7 Å². The van der Waals surface area contributed by atoms with Crippen molar-refractivity contribution >= 4 is 40.3 Å². The highest BCUT2D eigenvalue weighted by molar-refractivity contribution is 7.98. The lowest BCUT2D eigenvalue weighted by Crippen LogP contribution is -2.31. The number of carbonyl (C=O) groups excluding carboxylic acids is 1. The normalized spacial score (nSPS) is 13.7. The number of hydrogen-bond acceptors (Lipinski definition) is 10. The molecule has 3 aromatic heterocycles. The molecule has 222 valence electrons. The van der Waals surface area contributed by atoms with E-state index in [2.05, 4.69) is 29.5 Å².